The fourth-order valence-corrected chi connectivity index (χ4v) is 3.80. The van der Waals surface area contributed by atoms with Gasteiger partial charge in [0.15, 0.2) is 0 Å². The van der Waals surface area contributed by atoms with E-state index in [1.807, 2.05) is 0 Å². The van der Waals surface area contributed by atoms with E-state index >= 15 is 0 Å². The molecule has 3 rings (SSSR count). The number of piperidine rings is 1. The van der Waals surface area contributed by atoms with Gasteiger partial charge in [-0.25, -0.2) is 0 Å². The van der Waals surface area contributed by atoms with Gasteiger partial charge in [-0.3, -0.25) is 4.90 Å². The molecular weight excluding hydrogens is 212 g/mol. The van der Waals surface area contributed by atoms with Gasteiger partial charge in [0.25, 0.3) is 0 Å². The minimum absolute atomic E-state index is 0.563. The van der Waals surface area contributed by atoms with Gasteiger partial charge >= 0.3 is 0 Å². The summed E-state index contributed by atoms with van der Waals surface area (Å²) >= 11 is 0. The molecule has 2 saturated heterocycles. The van der Waals surface area contributed by atoms with Crippen molar-refractivity contribution in [2.75, 3.05) is 32.8 Å². The van der Waals surface area contributed by atoms with E-state index in [0.29, 0.717) is 6.10 Å². The summed E-state index contributed by atoms with van der Waals surface area (Å²) in [5, 5.41) is 3.53. The maximum atomic E-state index is 5.87. The van der Waals surface area contributed by atoms with Crippen molar-refractivity contribution in [3.05, 3.63) is 0 Å². The molecule has 3 aliphatic rings. The molecule has 3 heteroatoms. The molecule has 3 atom stereocenters. The Bertz CT molecular complexity index is 240. The van der Waals surface area contributed by atoms with E-state index in [4.69, 9.17) is 4.74 Å². The van der Waals surface area contributed by atoms with E-state index in [0.717, 1.165) is 18.6 Å². The summed E-state index contributed by atoms with van der Waals surface area (Å²) in [4.78, 5) is 2.72. The summed E-state index contributed by atoms with van der Waals surface area (Å²) in [6, 6.07) is 0.750. The number of hydrogen-bond donors (Lipinski definition) is 1. The van der Waals surface area contributed by atoms with Crippen molar-refractivity contribution in [2.24, 2.45) is 5.92 Å². The van der Waals surface area contributed by atoms with Crippen molar-refractivity contribution in [1.29, 1.82) is 0 Å². The van der Waals surface area contributed by atoms with Crippen LogP contribution in [0, 0.1) is 5.92 Å². The van der Waals surface area contributed by atoms with Crippen molar-refractivity contribution in [2.45, 2.75) is 50.7 Å². The summed E-state index contributed by atoms with van der Waals surface area (Å²) in [5.74, 6) is 0.923. The molecule has 3 unspecified atom stereocenters. The summed E-state index contributed by atoms with van der Waals surface area (Å²) in [7, 11) is 0. The van der Waals surface area contributed by atoms with Crippen LogP contribution < -0.4 is 5.32 Å². The van der Waals surface area contributed by atoms with Crippen LogP contribution in [-0.2, 0) is 4.74 Å². The second kappa shape index (κ2) is 5.68. The monoisotopic (exact) mass is 238 g/mol. The van der Waals surface area contributed by atoms with Gasteiger partial charge in [-0.05, 0) is 64.1 Å². The smallest absolute Gasteiger partial charge is 0.0730 e. The number of nitrogens with zero attached hydrogens (tertiary/aromatic N) is 1. The van der Waals surface area contributed by atoms with E-state index < -0.39 is 0 Å². The van der Waals surface area contributed by atoms with Crippen molar-refractivity contribution < 1.29 is 4.74 Å². The number of rotatable bonds is 3. The Labute approximate surface area is 105 Å². The molecule has 0 aromatic carbocycles. The fourth-order valence-electron chi connectivity index (χ4n) is 3.80. The van der Waals surface area contributed by atoms with Gasteiger partial charge in [0, 0.05) is 12.6 Å². The Kier molecular flexibility index (Phi) is 3.99. The number of morpholine rings is 1. The van der Waals surface area contributed by atoms with Crippen LogP contribution in [-0.4, -0.2) is 49.8 Å². The zero-order valence-corrected chi connectivity index (χ0v) is 10.9. The van der Waals surface area contributed by atoms with E-state index in [1.165, 1.54) is 64.7 Å². The summed E-state index contributed by atoms with van der Waals surface area (Å²) in [6.07, 6.45) is 8.80. The van der Waals surface area contributed by atoms with Gasteiger partial charge in [-0.2, -0.15) is 0 Å². The highest BCUT2D eigenvalue weighted by molar-refractivity contribution is 4.89. The van der Waals surface area contributed by atoms with Gasteiger partial charge in [-0.1, -0.05) is 0 Å². The Hall–Kier alpha value is -0.120. The first-order valence-corrected chi connectivity index (χ1v) is 7.50. The molecule has 0 spiro atoms. The normalized spacial score (nSPS) is 39.2. The molecule has 3 fully saturated rings. The minimum atomic E-state index is 0.563. The van der Waals surface area contributed by atoms with Crippen LogP contribution >= 0.6 is 0 Å². The minimum Gasteiger partial charge on any atom is -0.375 e. The summed E-state index contributed by atoms with van der Waals surface area (Å²) in [5.41, 5.74) is 0. The van der Waals surface area contributed by atoms with Gasteiger partial charge in [-0.15, -0.1) is 0 Å². The molecule has 2 heterocycles. The van der Waals surface area contributed by atoms with Crippen molar-refractivity contribution in [3.8, 4) is 0 Å². The van der Waals surface area contributed by atoms with E-state index in [1.54, 1.807) is 0 Å². The largest absolute Gasteiger partial charge is 0.375 e. The molecule has 17 heavy (non-hydrogen) atoms. The van der Waals surface area contributed by atoms with Crippen LogP contribution in [0.2, 0.25) is 0 Å². The first kappa shape index (κ1) is 11.9. The second-order valence-corrected chi connectivity index (χ2v) is 5.94. The zero-order chi connectivity index (χ0) is 11.5. The number of fused-ring (bicyclic) bond motifs is 1. The molecule has 0 bridgehead atoms. The lowest BCUT2D eigenvalue weighted by molar-refractivity contribution is -0.0570. The summed E-state index contributed by atoms with van der Waals surface area (Å²) in [6.45, 7) is 5.92. The third-order valence-corrected chi connectivity index (χ3v) is 4.82. The van der Waals surface area contributed by atoms with Crippen molar-refractivity contribution in [1.82, 2.24) is 10.2 Å². The number of nitrogens with one attached hydrogen (secondary N) is 1. The SMILES string of the molecule is C1CNCC(CCN2CCOC3CCCC32)C1. The molecule has 0 amide bonds. The molecule has 1 saturated carbocycles. The second-order valence-electron chi connectivity index (χ2n) is 5.94. The molecule has 0 aromatic heterocycles. The number of ether oxygens (including phenoxy) is 1. The molecular formula is C14H26N2O. The van der Waals surface area contributed by atoms with Crippen LogP contribution in [0.3, 0.4) is 0 Å². The van der Waals surface area contributed by atoms with E-state index in [-0.39, 0.29) is 0 Å². The Morgan fingerprint density at radius 3 is 3.06 bits per heavy atom. The molecule has 1 N–H and O–H groups in total. The predicted octanol–water partition coefficient (Wildman–Crippen LogP) is 1.63. The van der Waals surface area contributed by atoms with Crippen molar-refractivity contribution >= 4 is 0 Å². The lowest BCUT2D eigenvalue weighted by Crippen LogP contribution is -2.49. The first-order chi connectivity index (χ1) is 8.43. The molecule has 2 aliphatic heterocycles. The Morgan fingerprint density at radius 2 is 2.18 bits per heavy atom. The molecule has 1 aliphatic carbocycles. The Balaban J connectivity index is 1.47. The topological polar surface area (TPSA) is 24.5 Å². The quantitative estimate of drug-likeness (QED) is 0.809. The zero-order valence-electron chi connectivity index (χ0n) is 10.9. The highest BCUT2D eigenvalue weighted by Gasteiger charge is 2.35. The van der Waals surface area contributed by atoms with Gasteiger partial charge in [0.2, 0.25) is 0 Å². The van der Waals surface area contributed by atoms with Crippen LogP contribution in [0.5, 0.6) is 0 Å². The van der Waals surface area contributed by atoms with Crippen LogP contribution in [0.1, 0.15) is 38.5 Å². The van der Waals surface area contributed by atoms with Crippen LogP contribution in [0.25, 0.3) is 0 Å². The fraction of sp³-hybridized carbons (Fsp3) is 1.00. The molecule has 3 nitrogen and oxygen atoms in total. The predicted molar refractivity (Wildman–Crippen MR) is 69.2 cm³/mol. The summed E-state index contributed by atoms with van der Waals surface area (Å²) < 4.78 is 5.87. The van der Waals surface area contributed by atoms with Gasteiger partial charge in [0.1, 0.15) is 0 Å². The molecule has 0 radical (unpaired) electrons. The highest BCUT2D eigenvalue weighted by atomic mass is 16.5. The van der Waals surface area contributed by atoms with E-state index in [9.17, 15) is 0 Å². The Morgan fingerprint density at radius 1 is 1.18 bits per heavy atom. The molecule has 0 aromatic rings. The average Bonchev–Trinajstić information content (AvgIpc) is 2.86. The third kappa shape index (κ3) is 2.83. The average molecular weight is 238 g/mol. The van der Waals surface area contributed by atoms with Crippen LogP contribution in [0.4, 0.5) is 0 Å². The lowest BCUT2D eigenvalue weighted by Gasteiger charge is -2.38. The van der Waals surface area contributed by atoms with E-state index in [2.05, 4.69) is 10.2 Å². The molecule has 98 valence electrons. The maximum absolute atomic E-state index is 5.87. The third-order valence-electron chi connectivity index (χ3n) is 4.82. The number of hydrogen-bond acceptors (Lipinski definition) is 3. The standard InChI is InChI=1S/C14H26N2O/c1-4-13-14(5-1)17-10-9-16(13)8-6-12-3-2-7-15-11-12/h12-15H,1-11H2. The van der Waals surface area contributed by atoms with Gasteiger partial charge < -0.3 is 10.1 Å². The van der Waals surface area contributed by atoms with Crippen LogP contribution in [0.15, 0.2) is 0 Å². The first-order valence-electron chi connectivity index (χ1n) is 7.50. The highest BCUT2D eigenvalue weighted by Crippen LogP contribution is 2.30. The maximum Gasteiger partial charge on any atom is 0.0730 e. The van der Waals surface area contributed by atoms with Gasteiger partial charge in [0.05, 0.1) is 12.7 Å². The van der Waals surface area contributed by atoms with Crippen molar-refractivity contribution in [3.63, 3.8) is 0 Å². The lowest BCUT2D eigenvalue weighted by atomic mass is 9.95.